The summed E-state index contributed by atoms with van der Waals surface area (Å²) >= 11 is 1.72. The van der Waals surface area contributed by atoms with Gasteiger partial charge >= 0.3 is 0 Å². The van der Waals surface area contributed by atoms with E-state index in [0.717, 1.165) is 24.6 Å². The number of thiazole rings is 1. The van der Waals surface area contributed by atoms with Crippen LogP contribution in [0, 0.1) is 6.92 Å². The van der Waals surface area contributed by atoms with Crippen LogP contribution in [0.2, 0.25) is 0 Å². The van der Waals surface area contributed by atoms with Crippen molar-refractivity contribution in [3.05, 3.63) is 16.1 Å². The number of nitrogens with one attached hydrogen (secondary N) is 1. The number of hydrogen-bond donors (Lipinski definition) is 1. The van der Waals surface area contributed by atoms with Crippen molar-refractivity contribution in [1.29, 1.82) is 0 Å². The minimum Gasteiger partial charge on any atom is -0.311 e. The molecule has 92 valence electrons. The van der Waals surface area contributed by atoms with Gasteiger partial charge in [-0.2, -0.15) is 0 Å². The molecule has 0 radical (unpaired) electrons. The van der Waals surface area contributed by atoms with Gasteiger partial charge in [0.1, 0.15) is 0 Å². The largest absolute Gasteiger partial charge is 0.311 e. The molecule has 0 aliphatic carbocycles. The maximum Gasteiger partial charge on any atom is 0.0897 e. The van der Waals surface area contributed by atoms with Gasteiger partial charge in [-0.05, 0) is 34.4 Å². The van der Waals surface area contributed by atoms with Crippen molar-refractivity contribution < 1.29 is 0 Å². The van der Waals surface area contributed by atoms with E-state index in [1.54, 1.807) is 11.3 Å². The summed E-state index contributed by atoms with van der Waals surface area (Å²) in [7, 11) is 2.15. The van der Waals surface area contributed by atoms with Gasteiger partial charge in [-0.3, -0.25) is 4.90 Å². The monoisotopic (exact) mass is 241 g/mol. The molecule has 0 aliphatic rings. The van der Waals surface area contributed by atoms with Crippen LogP contribution in [0.1, 0.15) is 31.5 Å². The summed E-state index contributed by atoms with van der Waals surface area (Å²) in [5.41, 5.74) is 1.34. The Morgan fingerprint density at radius 3 is 2.69 bits per heavy atom. The zero-order valence-electron chi connectivity index (χ0n) is 11.0. The second-order valence-electron chi connectivity index (χ2n) is 4.94. The molecule has 1 N–H and O–H groups in total. The Hall–Kier alpha value is -0.450. The van der Waals surface area contributed by atoms with Crippen LogP contribution in [0.25, 0.3) is 0 Å². The smallest absolute Gasteiger partial charge is 0.0897 e. The predicted octanol–water partition coefficient (Wildman–Crippen LogP) is 2.27. The topological polar surface area (TPSA) is 28.2 Å². The zero-order valence-corrected chi connectivity index (χ0v) is 11.8. The van der Waals surface area contributed by atoms with E-state index in [0.29, 0.717) is 0 Å². The van der Waals surface area contributed by atoms with Gasteiger partial charge in [-0.25, -0.2) is 4.98 Å². The Bertz CT molecular complexity index is 320. The second kappa shape index (κ2) is 5.75. The number of nitrogens with zero attached hydrogens (tertiary/aromatic N) is 2. The van der Waals surface area contributed by atoms with Crippen LogP contribution in [0.3, 0.4) is 0 Å². The first-order valence-electron chi connectivity index (χ1n) is 5.77. The average Bonchev–Trinajstić information content (AvgIpc) is 2.49. The summed E-state index contributed by atoms with van der Waals surface area (Å²) in [6, 6.07) is 0. The Kier molecular flexibility index (Phi) is 4.89. The highest BCUT2D eigenvalue weighted by atomic mass is 32.1. The van der Waals surface area contributed by atoms with E-state index < -0.39 is 0 Å². The molecule has 0 bridgehead atoms. The fourth-order valence-electron chi connectivity index (χ4n) is 2.02. The molecule has 0 amide bonds. The Labute approximate surface area is 103 Å². The van der Waals surface area contributed by atoms with Crippen LogP contribution in [-0.2, 0) is 6.54 Å². The summed E-state index contributed by atoms with van der Waals surface area (Å²) in [5.74, 6) is 0. The Morgan fingerprint density at radius 2 is 2.19 bits per heavy atom. The molecule has 1 aromatic rings. The molecule has 3 nitrogen and oxygen atoms in total. The SMILES string of the molecule is CCNC(C)(C)CN(C)Cc1csc(C)n1. The number of hydrogen-bond acceptors (Lipinski definition) is 4. The normalized spacial score (nSPS) is 12.4. The van der Waals surface area contributed by atoms with E-state index in [1.165, 1.54) is 5.69 Å². The van der Waals surface area contributed by atoms with E-state index in [2.05, 4.69) is 55.3 Å². The van der Waals surface area contributed by atoms with Crippen molar-refractivity contribution in [3.63, 3.8) is 0 Å². The maximum absolute atomic E-state index is 4.48. The summed E-state index contributed by atoms with van der Waals surface area (Å²) in [6.07, 6.45) is 0. The van der Waals surface area contributed by atoms with E-state index in [4.69, 9.17) is 0 Å². The van der Waals surface area contributed by atoms with Crippen LogP contribution < -0.4 is 5.32 Å². The molecule has 0 atom stereocenters. The molecule has 0 aliphatic heterocycles. The first kappa shape index (κ1) is 13.6. The minimum atomic E-state index is 0.161. The van der Waals surface area contributed by atoms with Gasteiger partial charge in [0.15, 0.2) is 0 Å². The van der Waals surface area contributed by atoms with Gasteiger partial charge in [0.25, 0.3) is 0 Å². The van der Waals surface area contributed by atoms with Gasteiger partial charge in [0.2, 0.25) is 0 Å². The highest BCUT2D eigenvalue weighted by molar-refractivity contribution is 7.09. The van der Waals surface area contributed by atoms with E-state index in [1.807, 2.05) is 0 Å². The second-order valence-corrected chi connectivity index (χ2v) is 6.01. The highest BCUT2D eigenvalue weighted by Crippen LogP contribution is 2.11. The molecule has 16 heavy (non-hydrogen) atoms. The van der Waals surface area contributed by atoms with Gasteiger partial charge in [0.05, 0.1) is 10.7 Å². The third-order valence-electron chi connectivity index (χ3n) is 2.42. The third-order valence-corrected chi connectivity index (χ3v) is 3.24. The van der Waals surface area contributed by atoms with Crippen molar-refractivity contribution in [1.82, 2.24) is 15.2 Å². The summed E-state index contributed by atoms with van der Waals surface area (Å²) < 4.78 is 0. The molecule has 4 heteroatoms. The molecule has 1 rings (SSSR count). The van der Waals surface area contributed by atoms with Gasteiger partial charge in [-0.15, -0.1) is 11.3 Å². The molecule has 0 saturated heterocycles. The standard InChI is InChI=1S/C12H23N3S/c1-6-13-12(3,4)9-15(5)7-11-8-16-10(2)14-11/h8,13H,6-7,9H2,1-5H3. The van der Waals surface area contributed by atoms with E-state index in [-0.39, 0.29) is 5.54 Å². The van der Waals surface area contributed by atoms with Crippen molar-refractivity contribution >= 4 is 11.3 Å². The molecule has 0 saturated carbocycles. The number of aryl methyl sites for hydroxylation is 1. The molecule has 1 aromatic heterocycles. The molecule has 1 heterocycles. The van der Waals surface area contributed by atoms with E-state index in [9.17, 15) is 0 Å². The average molecular weight is 241 g/mol. The van der Waals surface area contributed by atoms with E-state index >= 15 is 0 Å². The lowest BCUT2D eigenvalue weighted by Crippen LogP contribution is -2.47. The van der Waals surface area contributed by atoms with Crippen LogP contribution in [0.15, 0.2) is 5.38 Å². The minimum absolute atomic E-state index is 0.161. The zero-order chi connectivity index (χ0) is 12.2. The van der Waals surface area contributed by atoms with Crippen LogP contribution in [-0.4, -0.2) is 35.6 Å². The van der Waals surface area contributed by atoms with Gasteiger partial charge < -0.3 is 5.32 Å². The molecule has 0 fully saturated rings. The molecule has 0 unspecified atom stereocenters. The molecular formula is C12H23N3S. The quantitative estimate of drug-likeness (QED) is 0.828. The fourth-order valence-corrected chi connectivity index (χ4v) is 2.63. The van der Waals surface area contributed by atoms with Gasteiger partial charge in [0, 0.05) is 24.0 Å². The van der Waals surface area contributed by atoms with Crippen molar-refractivity contribution in [2.45, 2.75) is 39.8 Å². The highest BCUT2D eigenvalue weighted by Gasteiger charge is 2.18. The molecule has 0 spiro atoms. The van der Waals surface area contributed by atoms with Crippen molar-refractivity contribution in [3.8, 4) is 0 Å². The lowest BCUT2D eigenvalue weighted by molar-refractivity contribution is 0.230. The molecule has 0 aromatic carbocycles. The number of aromatic nitrogens is 1. The van der Waals surface area contributed by atoms with Crippen LogP contribution >= 0.6 is 11.3 Å². The predicted molar refractivity (Wildman–Crippen MR) is 70.9 cm³/mol. The first-order chi connectivity index (χ1) is 7.43. The Morgan fingerprint density at radius 1 is 1.50 bits per heavy atom. The van der Waals surface area contributed by atoms with Crippen molar-refractivity contribution in [2.24, 2.45) is 0 Å². The molecular weight excluding hydrogens is 218 g/mol. The van der Waals surface area contributed by atoms with Crippen LogP contribution in [0.4, 0.5) is 0 Å². The summed E-state index contributed by atoms with van der Waals surface area (Å²) in [5, 5.41) is 6.78. The number of likely N-dealkylation sites (N-methyl/N-ethyl adjacent to an activating group) is 2. The summed E-state index contributed by atoms with van der Waals surface area (Å²) in [6.45, 7) is 11.6. The first-order valence-corrected chi connectivity index (χ1v) is 6.65. The third kappa shape index (κ3) is 4.60. The Balaban J connectivity index is 2.44. The lowest BCUT2D eigenvalue weighted by atomic mass is 10.1. The van der Waals surface area contributed by atoms with Gasteiger partial charge in [-0.1, -0.05) is 6.92 Å². The maximum atomic E-state index is 4.48. The summed E-state index contributed by atoms with van der Waals surface area (Å²) in [4.78, 5) is 6.80. The number of rotatable bonds is 6. The van der Waals surface area contributed by atoms with Crippen LogP contribution in [0.5, 0.6) is 0 Å². The fraction of sp³-hybridized carbons (Fsp3) is 0.750. The van der Waals surface area contributed by atoms with Crippen molar-refractivity contribution in [2.75, 3.05) is 20.1 Å². The lowest BCUT2D eigenvalue weighted by Gasteiger charge is -2.30.